The van der Waals surface area contributed by atoms with E-state index in [1.54, 1.807) is 73.6 Å². The van der Waals surface area contributed by atoms with Crippen LogP contribution in [0.2, 0.25) is 10.0 Å². The Morgan fingerprint density at radius 3 is 1.63 bits per heavy atom. The molecule has 2 rings (SSSR count). The lowest BCUT2D eigenvalue weighted by Gasteiger charge is -2.33. The summed E-state index contributed by atoms with van der Waals surface area (Å²) < 4.78 is 11.3. The van der Waals surface area contributed by atoms with Crippen LogP contribution >= 0.6 is 23.2 Å². The van der Waals surface area contributed by atoms with Gasteiger partial charge in [-0.1, -0.05) is 29.3 Å². The number of allylic oxidation sites excluding steroid dienone is 2. The van der Waals surface area contributed by atoms with Gasteiger partial charge in [0.15, 0.2) is 0 Å². The monoisotopic (exact) mass is 453 g/mol. The highest BCUT2D eigenvalue weighted by atomic mass is 35.5. The van der Waals surface area contributed by atoms with Crippen LogP contribution in [-0.4, -0.2) is 23.1 Å². The summed E-state index contributed by atoms with van der Waals surface area (Å²) in [6.07, 6.45) is 0. The molecule has 0 saturated carbocycles. The minimum atomic E-state index is -0.717. The quantitative estimate of drug-likeness (QED) is 0.575. The Kier molecular flexibility index (Phi) is 6.99. The van der Waals surface area contributed by atoms with E-state index in [1.165, 1.54) is 0 Å². The van der Waals surface area contributed by atoms with Crippen molar-refractivity contribution in [3.8, 4) is 0 Å². The van der Waals surface area contributed by atoms with Gasteiger partial charge in [0.1, 0.15) is 11.2 Å². The van der Waals surface area contributed by atoms with Crippen molar-refractivity contribution in [1.82, 2.24) is 5.32 Å². The molecule has 30 heavy (non-hydrogen) atoms. The fourth-order valence-electron chi connectivity index (χ4n) is 3.23. The van der Waals surface area contributed by atoms with Crippen molar-refractivity contribution in [2.24, 2.45) is 0 Å². The third-order valence-electron chi connectivity index (χ3n) is 4.27. The summed E-state index contributed by atoms with van der Waals surface area (Å²) in [5.41, 5.74) is 1.11. The average Bonchev–Trinajstić information content (AvgIpc) is 2.53. The molecular formula is C23H29Cl2NO4. The maximum absolute atomic E-state index is 13.2. The second kappa shape index (κ2) is 8.64. The van der Waals surface area contributed by atoms with Crippen LogP contribution in [0.1, 0.15) is 66.9 Å². The number of dihydropyridines is 1. The van der Waals surface area contributed by atoms with Gasteiger partial charge in [0.2, 0.25) is 0 Å². The zero-order valence-electron chi connectivity index (χ0n) is 18.7. The van der Waals surface area contributed by atoms with Crippen molar-refractivity contribution in [2.45, 2.75) is 72.5 Å². The highest BCUT2D eigenvalue weighted by Crippen LogP contribution is 2.41. The lowest BCUT2D eigenvalue weighted by molar-refractivity contribution is -0.150. The van der Waals surface area contributed by atoms with Gasteiger partial charge < -0.3 is 14.8 Å². The van der Waals surface area contributed by atoms with E-state index >= 15 is 0 Å². The highest BCUT2D eigenvalue weighted by Gasteiger charge is 2.40. The van der Waals surface area contributed by atoms with Gasteiger partial charge in [0.25, 0.3) is 0 Å². The molecule has 0 aromatic heterocycles. The first-order valence-electron chi connectivity index (χ1n) is 9.71. The molecule has 0 fully saturated rings. The van der Waals surface area contributed by atoms with Crippen LogP contribution in [0.5, 0.6) is 0 Å². The SMILES string of the molecule is CC1=C(C(=O)OC(C)(C)C)C(c2ccc(Cl)c(Cl)c2)C(C(=O)OC(C)(C)C)=C(C)N1. The van der Waals surface area contributed by atoms with Gasteiger partial charge in [-0.2, -0.15) is 0 Å². The molecule has 0 amide bonds. The topological polar surface area (TPSA) is 64.6 Å². The number of rotatable bonds is 3. The Balaban J connectivity index is 2.68. The average molecular weight is 454 g/mol. The normalized spacial score (nSPS) is 15.8. The molecule has 1 aliphatic rings. The van der Waals surface area contributed by atoms with E-state index in [2.05, 4.69) is 5.32 Å². The van der Waals surface area contributed by atoms with Gasteiger partial charge >= 0.3 is 11.9 Å². The Hall–Kier alpha value is -1.98. The summed E-state index contributed by atoms with van der Waals surface area (Å²) in [6.45, 7) is 14.3. The first-order valence-corrected chi connectivity index (χ1v) is 10.5. The maximum atomic E-state index is 13.2. The number of benzene rings is 1. The number of nitrogens with one attached hydrogen (secondary N) is 1. The summed E-state index contributed by atoms with van der Waals surface area (Å²) >= 11 is 12.4. The molecule has 1 aliphatic heterocycles. The van der Waals surface area contributed by atoms with Crippen molar-refractivity contribution in [1.29, 1.82) is 0 Å². The van der Waals surface area contributed by atoms with Gasteiger partial charge in [-0.05, 0) is 73.1 Å². The third kappa shape index (κ3) is 5.79. The second-order valence-electron chi connectivity index (χ2n) is 9.31. The molecule has 5 nitrogen and oxygen atoms in total. The van der Waals surface area contributed by atoms with Crippen LogP contribution in [0, 0.1) is 0 Å². The van der Waals surface area contributed by atoms with Gasteiger partial charge in [-0.25, -0.2) is 9.59 Å². The van der Waals surface area contributed by atoms with Crippen molar-refractivity contribution < 1.29 is 19.1 Å². The van der Waals surface area contributed by atoms with E-state index in [0.717, 1.165) is 0 Å². The first-order chi connectivity index (χ1) is 13.6. The fourth-order valence-corrected chi connectivity index (χ4v) is 3.53. The molecule has 1 aromatic rings. The van der Waals surface area contributed by atoms with Crippen LogP contribution in [0.3, 0.4) is 0 Å². The number of esters is 2. The standard InChI is InChI=1S/C23H29Cl2NO4/c1-12-17(20(27)29-22(3,4)5)19(14-9-10-15(24)16(25)11-14)18(13(2)26-12)21(28)30-23(6,7)8/h9-11,19,26H,1-8H3. The number of halogens is 2. The zero-order chi connectivity index (χ0) is 23.0. The molecule has 1 N–H and O–H groups in total. The van der Waals surface area contributed by atoms with Gasteiger partial charge in [-0.3, -0.25) is 0 Å². The van der Waals surface area contributed by atoms with Crippen LogP contribution in [0.4, 0.5) is 0 Å². The number of carbonyl (C=O) groups excluding carboxylic acids is 2. The third-order valence-corrected chi connectivity index (χ3v) is 5.01. The molecular weight excluding hydrogens is 425 g/mol. The first kappa shape index (κ1) is 24.3. The molecule has 0 saturated heterocycles. The molecule has 0 radical (unpaired) electrons. The lowest BCUT2D eigenvalue weighted by Crippen LogP contribution is -2.36. The van der Waals surface area contributed by atoms with E-state index < -0.39 is 29.1 Å². The van der Waals surface area contributed by atoms with Crippen LogP contribution in [0.25, 0.3) is 0 Å². The summed E-state index contributed by atoms with van der Waals surface area (Å²) in [7, 11) is 0. The molecule has 0 atom stereocenters. The van der Waals surface area contributed by atoms with Crippen molar-refractivity contribution >= 4 is 35.1 Å². The van der Waals surface area contributed by atoms with Crippen LogP contribution in [0.15, 0.2) is 40.7 Å². The molecule has 0 aliphatic carbocycles. The van der Waals surface area contributed by atoms with Crippen LogP contribution < -0.4 is 5.32 Å². The van der Waals surface area contributed by atoms with Crippen molar-refractivity contribution in [3.63, 3.8) is 0 Å². The Labute approximate surface area is 188 Å². The predicted molar refractivity (Wildman–Crippen MR) is 119 cm³/mol. The number of hydrogen-bond acceptors (Lipinski definition) is 5. The fraction of sp³-hybridized carbons (Fsp3) is 0.478. The van der Waals surface area contributed by atoms with E-state index in [0.29, 0.717) is 38.1 Å². The minimum Gasteiger partial charge on any atom is -0.457 e. The van der Waals surface area contributed by atoms with Gasteiger partial charge in [0, 0.05) is 11.4 Å². The van der Waals surface area contributed by atoms with Crippen molar-refractivity contribution in [2.75, 3.05) is 0 Å². The van der Waals surface area contributed by atoms with E-state index in [1.807, 2.05) is 0 Å². The van der Waals surface area contributed by atoms with Gasteiger partial charge in [0.05, 0.1) is 27.1 Å². The molecule has 0 bridgehead atoms. The zero-order valence-corrected chi connectivity index (χ0v) is 20.2. The number of ether oxygens (including phenoxy) is 2. The van der Waals surface area contributed by atoms with Gasteiger partial charge in [-0.15, -0.1) is 0 Å². The summed E-state index contributed by atoms with van der Waals surface area (Å²) in [4.78, 5) is 26.3. The Morgan fingerprint density at radius 1 is 0.833 bits per heavy atom. The summed E-state index contributed by atoms with van der Waals surface area (Å²) in [5.74, 6) is -1.75. The largest absolute Gasteiger partial charge is 0.457 e. The molecule has 0 unspecified atom stereocenters. The summed E-state index contributed by atoms with van der Waals surface area (Å²) in [6, 6.07) is 5.06. The molecule has 1 aromatic carbocycles. The number of carbonyl (C=O) groups is 2. The van der Waals surface area contributed by atoms with E-state index in [4.69, 9.17) is 32.7 Å². The maximum Gasteiger partial charge on any atom is 0.337 e. The van der Waals surface area contributed by atoms with E-state index in [-0.39, 0.29) is 0 Å². The second-order valence-corrected chi connectivity index (χ2v) is 10.1. The molecule has 7 heteroatoms. The minimum absolute atomic E-state index is 0.328. The van der Waals surface area contributed by atoms with Crippen LogP contribution in [-0.2, 0) is 19.1 Å². The Morgan fingerprint density at radius 2 is 1.27 bits per heavy atom. The predicted octanol–water partition coefficient (Wildman–Crippen LogP) is 5.91. The molecule has 0 spiro atoms. The Bertz CT molecular complexity index is 884. The van der Waals surface area contributed by atoms with Crippen molar-refractivity contribution in [3.05, 3.63) is 56.3 Å². The molecule has 1 heterocycles. The highest BCUT2D eigenvalue weighted by molar-refractivity contribution is 6.42. The lowest BCUT2D eigenvalue weighted by atomic mass is 9.80. The van der Waals surface area contributed by atoms with E-state index in [9.17, 15) is 9.59 Å². The smallest absolute Gasteiger partial charge is 0.337 e. The molecule has 164 valence electrons. The number of hydrogen-bond donors (Lipinski definition) is 1. The summed E-state index contributed by atoms with van der Waals surface area (Å²) in [5, 5.41) is 3.85.